The van der Waals surface area contributed by atoms with Gasteiger partial charge in [0.05, 0.1) is 25.3 Å². The van der Waals surface area contributed by atoms with Crippen molar-refractivity contribution in [1.29, 1.82) is 0 Å². The summed E-state index contributed by atoms with van der Waals surface area (Å²) in [5.74, 6) is -0.939. The topological polar surface area (TPSA) is 79.3 Å². The molecular formula is C23H26N2O5. The molecule has 1 aliphatic rings. The summed E-state index contributed by atoms with van der Waals surface area (Å²) < 4.78 is 10.3. The average molecular weight is 410 g/mol. The molecule has 1 fully saturated rings. The van der Waals surface area contributed by atoms with Gasteiger partial charge < -0.3 is 24.4 Å². The molecule has 1 atom stereocenters. The number of anilines is 1. The Labute approximate surface area is 176 Å². The molecule has 1 N–H and O–H groups in total. The molecular weight excluding hydrogens is 384 g/mol. The Kier molecular flexibility index (Phi) is 6.42. The molecule has 1 heterocycles. The summed E-state index contributed by atoms with van der Waals surface area (Å²) in [4.78, 5) is 29.1. The van der Waals surface area contributed by atoms with E-state index in [4.69, 9.17) is 9.47 Å². The Morgan fingerprint density at radius 3 is 2.20 bits per heavy atom. The molecule has 0 saturated carbocycles. The van der Waals surface area contributed by atoms with Crippen molar-refractivity contribution in [3.63, 3.8) is 0 Å². The first-order valence-electron chi connectivity index (χ1n) is 9.58. The third-order valence-corrected chi connectivity index (χ3v) is 5.16. The lowest BCUT2D eigenvalue weighted by atomic mass is 9.95. The summed E-state index contributed by atoms with van der Waals surface area (Å²) in [5.41, 5.74) is 2.24. The summed E-state index contributed by atoms with van der Waals surface area (Å²) in [6, 6.07) is 13.6. The summed E-state index contributed by atoms with van der Waals surface area (Å²) in [5, 5.41) is 11.0. The van der Waals surface area contributed by atoms with Crippen LogP contribution in [0, 0.1) is 0 Å². The molecule has 3 rings (SSSR count). The highest BCUT2D eigenvalue weighted by atomic mass is 16.5. The smallest absolute Gasteiger partial charge is 0.295 e. The van der Waals surface area contributed by atoms with E-state index in [2.05, 4.69) is 0 Å². The van der Waals surface area contributed by atoms with Crippen LogP contribution in [0.4, 0.5) is 5.69 Å². The van der Waals surface area contributed by atoms with E-state index >= 15 is 0 Å². The lowest BCUT2D eigenvalue weighted by Crippen LogP contribution is -2.32. The summed E-state index contributed by atoms with van der Waals surface area (Å²) in [6.07, 6.45) is 0. The van der Waals surface area contributed by atoms with Gasteiger partial charge in [0.2, 0.25) is 0 Å². The molecule has 2 aromatic rings. The molecule has 0 aromatic heterocycles. The molecule has 7 heteroatoms. The normalized spacial score (nSPS) is 18.0. The molecule has 0 aliphatic carbocycles. The molecule has 1 unspecified atom stereocenters. The van der Waals surface area contributed by atoms with Gasteiger partial charge in [0, 0.05) is 39.0 Å². The number of carbonyl (C=O) groups is 2. The molecule has 0 spiro atoms. The number of hydrogen-bond donors (Lipinski definition) is 1. The van der Waals surface area contributed by atoms with E-state index in [1.165, 1.54) is 12.0 Å². The summed E-state index contributed by atoms with van der Waals surface area (Å²) >= 11 is 0. The van der Waals surface area contributed by atoms with Crippen molar-refractivity contribution in [2.24, 2.45) is 0 Å². The third kappa shape index (κ3) is 4.02. The second-order valence-electron chi connectivity index (χ2n) is 7.20. The summed E-state index contributed by atoms with van der Waals surface area (Å²) in [6.45, 7) is 0.516. The van der Waals surface area contributed by atoms with Crippen LogP contribution in [0.25, 0.3) is 5.76 Å². The van der Waals surface area contributed by atoms with Crippen molar-refractivity contribution >= 4 is 23.1 Å². The lowest BCUT2D eigenvalue weighted by Gasteiger charge is -2.25. The van der Waals surface area contributed by atoms with Crippen molar-refractivity contribution in [1.82, 2.24) is 4.90 Å². The van der Waals surface area contributed by atoms with Gasteiger partial charge in [-0.25, -0.2) is 0 Å². The van der Waals surface area contributed by atoms with Crippen molar-refractivity contribution in [2.75, 3.05) is 46.4 Å². The van der Waals surface area contributed by atoms with Crippen molar-refractivity contribution in [3.8, 4) is 5.75 Å². The van der Waals surface area contributed by atoms with E-state index in [9.17, 15) is 14.7 Å². The number of Topliss-reactive ketones (excluding diaryl/α,β-unsaturated/α-hetero) is 1. The predicted octanol–water partition coefficient (Wildman–Crippen LogP) is 2.83. The minimum atomic E-state index is -0.707. The maximum atomic E-state index is 12.9. The van der Waals surface area contributed by atoms with Crippen LogP contribution in [0.3, 0.4) is 0 Å². The maximum Gasteiger partial charge on any atom is 0.295 e. The highest BCUT2D eigenvalue weighted by molar-refractivity contribution is 6.46. The first kappa shape index (κ1) is 21.4. The van der Waals surface area contributed by atoms with Crippen molar-refractivity contribution < 1.29 is 24.2 Å². The van der Waals surface area contributed by atoms with Gasteiger partial charge in [0.25, 0.3) is 11.7 Å². The molecule has 1 amide bonds. The number of ether oxygens (including phenoxy) is 2. The molecule has 2 aromatic carbocycles. The largest absolute Gasteiger partial charge is 0.507 e. The fraction of sp³-hybridized carbons (Fsp3) is 0.304. The van der Waals surface area contributed by atoms with Crippen LogP contribution >= 0.6 is 0 Å². The number of benzene rings is 2. The third-order valence-electron chi connectivity index (χ3n) is 5.16. The van der Waals surface area contributed by atoms with Crippen molar-refractivity contribution in [2.45, 2.75) is 6.04 Å². The monoisotopic (exact) mass is 410 g/mol. The first-order chi connectivity index (χ1) is 14.4. The highest BCUT2D eigenvalue weighted by Crippen LogP contribution is 2.39. The van der Waals surface area contributed by atoms with E-state index in [1.54, 1.807) is 31.4 Å². The van der Waals surface area contributed by atoms with Gasteiger partial charge >= 0.3 is 0 Å². The van der Waals surface area contributed by atoms with E-state index in [-0.39, 0.29) is 24.5 Å². The van der Waals surface area contributed by atoms with Gasteiger partial charge in [-0.15, -0.1) is 0 Å². The zero-order valence-electron chi connectivity index (χ0n) is 17.6. The second kappa shape index (κ2) is 9.00. The number of likely N-dealkylation sites (tertiary alicyclic amines) is 1. The Morgan fingerprint density at radius 2 is 1.67 bits per heavy atom. The molecule has 30 heavy (non-hydrogen) atoms. The first-order valence-corrected chi connectivity index (χ1v) is 9.58. The number of amides is 1. The molecule has 0 radical (unpaired) electrons. The van der Waals surface area contributed by atoms with E-state index < -0.39 is 17.7 Å². The Morgan fingerprint density at radius 1 is 1.03 bits per heavy atom. The SMILES string of the molecule is COCCN1C(=O)C(=O)/C(=C(\O)c2ccc(OC)cc2)C1c1ccc(N(C)C)cc1. The van der Waals surface area contributed by atoms with E-state index in [0.717, 1.165) is 11.3 Å². The fourth-order valence-electron chi connectivity index (χ4n) is 3.51. The van der Waals surface area contributed by atoms with Gasteiger partial charge in [-0.1, -0.05) is 12.1 Å². The predicted molar refractivity (Wildman–Crippen MR) is 115 cm³/mol. The average Bonchev–Trinajstić information content (AvgIpc) is 3.02. The van der Waals surface area contributed by atoms with Gasteiger partial charge in [-0.05, 0) is 42.0 Å². The van der Waals surface area contributed by atoms with E-state index in [1.807, 2.05) is 43.3 Å². The fourth-order valence-corrected chi connectivity index (χ4v) is 3.51. The lowest BCUT2D eigenvalue weighted by molar-refractivity contribution is -0.140. The zero-order chi connectivity index (χ0) is 21.8. The Hall–Kier alpha value is -3.32. The molecule has 0 bridgehead atoms. The second-order valence-corrected chi connectivity index (χ2v) is 7.20. The molecule has 158 valence electrons. The minimum absolute atomic E-state index is 0.0684. The standard InChI is InChI=1S/C23H26N2O5/c1-24(2)17-9-5-15(6-10-17)20-19(22(27)23(28)25(20)13-14-29-3)21(26)16-7-11-18(30-4)12-8-16/h5-12,20,26H,13-14H2,1-4H3/b21-19-. The van der Waals surface area contributed by atoms with Crippen molar-refractivity contribution in [3.05, 3.63) is 65.2 Å². The number of methoxy groups -OCH3 is 2. The number of nitrogens with zero attached hydrogens (tertiary/aromatic N) is 2. The van der Waals surface area contributed by atoms with Crippen LogP contribution in [-0.4, -0.2) is 63.2 Å². The van der Waals surface area contributed by atoms with E-state index in [0.29, 0.717) is 11.3 Å². The number of carbonyl (C=O) groups excluding carboxylic acids is 2. The van der Waals surface area contributed by atoms with Gasteiger partial charge in [-0.3, -0.25) is 9.59 Å². The number of aliphatic hydroxyl groups is 1. The van der Waals surface area contributed by atoms with Crippen LogP contribution in [0.15, 0.2) is 54.1 Å². The molecule has 7 nitrogen and oxygen atoms in total. The molecule has 1 saturated heterocycles. The minimum Gasteiger partial charge on any atom is -0.507 e. The zero-order valence-corrected chi connectivity index (χ0v) is 17.6. The van der Waals surface area contributed by atoms with Crippen LogP contribution in [0.5, 0.6) is 5.75 Å². The number of ketones is 1. The molecule has 1 aliphatic heterocycles. The van der Waals surface area contributed by atoms with Crippen LogP contribution in [0.2, 0.25) is 0 Å². The van der Waals surface area contributed by atoms with Gasteiger partial charge in [0.1, 0.15) is 11.5 Å². The Bertz CT molecular complexity index is 949. The van der Waals surface area contributed by atoms with Gasteiger partial charge in [0.15, 0.2) is 0 Å². The van der Waals surface area contributed by atoms with Crippen LogP contribution in [0.1, 0.15) is 17.2 Å². The van der Waals surface area contributed by atoms with Gasteiger partial charge in [-0.2, -0.15) is 0 Å². The number of rotatable bonds is 7. The Balaban J connectivity index is 2.11. The van der Waals surface area contributed by atoms with Crippen LogP contribution < -0.4 is 9.64 Å². The number of aliphatic hydroxyl groups excluding tert-OH is 1. The van der Waals surface area contributed by atoms with Crippen LogP contribution in [-0.2, 0) is 14.3 Å². The number of hydrogen-bond acceptors (Lipinski definition) is 6. The summed E-state index contributed by atoms with van der Waals surface area (Å²) in [7, 11) is 6.95. The maximum absolute atomic E-state index is 12.9. The highest BCUT2D eigenvalue weighted by Gasteiger charge is 2.45. The quantitative estimate of drug-likeness (QED) is 0.430.